The standard InChI is InChI=1S/C15H17FN2O2S/c1-11-14(16)7-4-8-15(11)18-21(19,20)13-6-3-5-12(9-13)10-17-2/h3-9,17-18H,10H2,1-2H3. The van der Waals surface area contributed by atoms with E-state index >= 15 is 0 Å². The molecule has 0 amide bonds. The van der Waals surface area contributed by atoms with Crippen LogP contribution in [-0.2, 0) is 16.6 Å². The Morgan fingerprint density at radius 3 is 2.57 bits per heavy atom. The zero-order chi connectivity index (χ0) is 15.5. The fraction of sp³-hybridized carbons (Fsp3) is 0.200. The van der Waals surface area contributed by atoms with Crippen LogP contribution >= 0.6 is 0 Å². The van der Waals surface area contributed by atoms with Gasteiger partial charge in [-0.1, -0.05) is 18.2 Å². The van der Waals surface area contributed by atoms with E-state index in [0.29, 0.717) is 6.54 Å². The molecule has 2 aromatic rings. The molecule has 0 aliphatic heterocycles. The Morgan fingerprint density at radius 1 is 1.14 bits per heavy atom. The lowest BCUT2D eigenvalue weighted by molar-refractivity contribution is 0.600. The van der Waals surface area contributed by atoms with Gasteiger partial charge in [-0.05, 0) is 43.8 Å². The van der Waals surface area contributed by atoms with Gasteiger partial charge >= 0.3 is 0 Å². The van der Waals surface area contributed by atoms with Gasteiger partial charge in [-0.2, -0.15) is 0 Å². The van der Waals surface area contributed by atoms with E-state index in [-0.39, 0.29) is 16.1 Å². The van der Waals surface area contributed by atoms with Crippen molar-refractivity contribution in [3.05, 3.63) is 59.4 Å². The maximum absolute atomic E-state index is 13.5. The second-order valence-electron chi connectivity index (χ2n) is 4.70. The molecule has 6 heteroatoms. The number of halogens is 1. The lowest BCUT2D eigenvalue weighted by Gasteiger charge is -2.12. The Balaban J connectivity index is 2.34. The first-order chi connectivity index (χ1) is 9.94. The summed E-state index contributed by atoms with van der Waals surface area (Å²) in [6, 6.07) is 10.9. The topological polar surface area (TPSA) is 58.2 Å². The highest BCUT2D eigenvalue weighted by molar-refractivity contribution is 7.92. The normalized spacial score (nSPS) is 11.4. The summed E-state index contributed by atoms with van der Waals surface area (Å²) >= 11 is 0. The molecule has 0 saturated carbocycles. The average molecular weight is 308 g/mol. The van der Waals surface area contributed by atoms with Gasteiger partial charge in [0.25, 0.3) is 10.0 Å². The van der Waals surface area contributed by atoms with Crippen molar-refractivity contribution in [3.63, 3.8) is 0 Å². The van der Waals surface area contributed by atoms with Crippen molar-refractivity contribution in [2.45, 2.75) is 18.4 Å². The van der Waals surface area contributed by atoms with Gasteiger partial charge in [0, 0.05) is 12.1 Å². The molecule has 0 aliphatic rings. The molecule has 2 N–H and O–H groups in total. The van der Waals surface area contributed by atoms with Crippen molar-refractivity contribution in [1.29, 1.82) is 0 Å². The van der Waals surface area contributed by atoms with Crippen molar-refractivity contribution >= 4 is 15.7 Å². The number of nitrogens with one attached hydrogen (secondary N) is 2. The maximum atomic E-state index is 13.5. The summed E-state index contributed by atoms with van der Waals surface area (Å²) in [4.78, 5) is 0.152. The fourth-order valence-electron chi connectivity index (χ4n) is 1.95. The Hall–Kier alpha value is -1.92. The number of anilines is 1. The predicted molar refractivity (Wildman–Crippen MR) is 81.2 cm³/mol. The summed E-state index contributed by atoms with van der Waals surface area (Å²) in [5.74, 6) is -0.445. The highest BCUT2D eigenvalue weighted by Gasteiger charge is 2.16. The van der Waals surface area contributed by atoms with Crippen LogP contribution in [0, 0.1) is 12.7 Å². The molecule has 0 aromatic heterocycles. The number of hydrogen-bond acceptors (Lipinski definition) is 3. The van der Waals surface area contributed by atoms with Gasteiger partial charge in [0.2, 0.25) is 0 Å². The molecular formula is C15H17FN2O2S. The van der Waals surface area contributed by atoms with Crippen LogP contribution in [0.5, 0.6) is 0 Å². The minimum atomic E-state index is -3.74. The van der Waals surface area contributed by atoms with Gasteiger partial charge in [0.05, 0.1) is 10.6 Å². The molecule has 0 spiro atoms. The van der Waals surface area contributed by atoms with Crippen molar-refractivity contribution in [1.82, 2.24) is 5.32 Å². The molecule has 0 saturated heterocycles. The third-order valence-electron chi connectivity index (χ3n) is 3.10. The molecule has 0 aliphatic carbocycles. The highest BCUT2D eigenvalue weighted by Crippen LogP contribution is 2.22. The minimum Gasteiger partial charge on any atom is -0.316 e. The van der Waals surface area contributed by atoms with Crippen LogP contribution in [0.25, 0.3) is 0 Å². The molecule has 21 heavy (non-hydrogen) atoms. The van der Waals surface area contributed by atoms with Crippen LogP contribution in [0.1, 0.15) is 11.1 Å². The molecule has 112 valence electrons. The lowest BCUT2D eigenvalue weighted by atomic mass is 10.2. The van der Waals surface area contributed by atoms with Crippen molar-refractivity contribution in [3.8, 4) is 0 Å². The second-order valence-corrected chi connectivity index (χ2v) is 6.38. The number of rotatable bonds is 5. The van der Waals surface area contributed by atoms with Gasteiger partial charge in [-0.15, -0.1) is 0 Å². The van der Waals surface area contributed by atoms with Crippen molar-refractivity contribution in [2.24, 2.45) is 0 Å². The van der Waals surface area contributed by atoms with Gasteiger partial charge in [-0.3, -0.25) is 4.72 Å². The molecule has 2 rings (SSSR count). The Labute approximate surface area is 124 Å². The van der Waals surface area contributed by atoms with Gasteiger partial charge < -0.3 is 5.32 Å². The van der Waals surface area contributed by atoms with E-state index in [1.807, 2.05) is 6.07 Å². The molecule has 0 heterocycles. The third-order valence-corrected chi connectivity index (χ3v) is 4.46. The Kier molecular flexibility index (Phi) is 4.59. The van der Waals surface area contributed by atoms with Crippen LogP contribution in [0.2, 0.25) is 0 Å². The maximum Gasteiger partial charge on any atom is 0.261 e. The zero-order valence-corrected chi connectivity index (χ0v) is 12.7. The molecular weight excluding hydrogens is 291 g/mol. The zero-order valence-electron chi connectivity index (χ0n) is 11.9. The van der Waals surface area contributed by atoms with E-state index in [9.17, 15) is 12.8 Å². The summed E-state index contributed by atoms with van der Waals surface area (Å²) < 4.78 is 40.6. The largest absolute Gasteiger partial charge is 0.316 e. The van der Waals surface area contributed by atoms with Crippen molar-refractivity contribution in [2.75, 3.05) is 11.8 Å². The summed E-state index contributed by atoms with van der Waals surface area (Å²) in [6.45, 7) is 2.10. The Bertz CT molecular complexity index is 745. The van der Waals surface area contributed by atoms with Crippen LogP contribution < -0.4 is 10.0 Å². The average Bonchev–Trinajstić information content (AvgIpc) is 2.44. The molecule has 0 radical (unpaired) electrons. The van der Waals surface area contributed by atoms with Gasteiger partial charge in [0.15, 0.2) is 0 Å². The quantitative estimate of drug-likeness (QED) is 0.893. The predicted octanol–water partition coefficient (Wildman–Crippen LogP) is 2.65. The second kappa shape index (κ2) is 6.24. The smallest absolute Gasteiger partial charge is 0.261 e. The van der Waals surface area contributed by atoms with E-state index in [1.165, 1.54) is 31.2 Å². The van der Waals surface area contributed by atoms with Gasteiger partial charge in [0.1, 0.15) is 5.82 Å². The summed E-state index contributed by atoms with van der Waals surface area (Å²) in [6.07, 6.45) is 0. The minimum absolute atomic E-state index is 0.152. The molecule has 0 atom stereocenters. The Morgan fingerprint density at radius 2 is 1.86 bits per heavy atom. The van der Waals surface area contributed by atoms with Crippen molar-refractivity contribution < 1.29 is 12.8 Å². The first-order valence-corrected chi connectivity index (χ1v) is 7.94. The van der Waals surface area contributed by atoms with E-state index in [4.69, 9.17) is 0 Å². The number of benzene rings is 2. The summed E-state index contributed by atoms with van der Waals surface area (Å²) in [7, 11) is -1.95. The SMILES string of the molecule is CNCc1cccc(S(=O)(=O)Nc2cccc(F)c2C)c1. The lowest BCUT2D eigenvalue weighted by Crippen LogP contribution is -2.15. The summed E-state index contributed by atoms with van der Waals surface area (Å²) in [5, 5.41) is 2.96. The molecule has 4 nitrogen and oxygen atoms in total. The van der Waals surface area contributed by atoms with E-state index < -0.39 is 15.8 Å². The summed E-state index contributed by atoms with van der Waals surface area (Å²) in [5.41, 5.74) is 1.37. The number of sulfonamides is 1. The van der Waals surface area contributed by atoms with E-state index in [2.05, 4.69) is 10.0 Å². The fourth-order valence-corrected chi connectivity index (χ4v) is 3.14. The third kappa shape index (κ3) is 3.59. The van der Waals surface area contributed by atoms with Crippen LogP contribution in [-0.4, -0.2) is 15.5 Å². The monoisotopic (exact) mass is 308 g/mol. The van der Waals surface area contributed by atoms with E-state index in [1.54, 1.807) is 19.2 Å². The van der Waals surface area contributed by atoms with Gasteiger partial charge in [-0.25, -0.2) is 12.8 Å². The molecule has 0 fully saturated rings. The van der Waals surface area contributed by atoms with Crippen LogP contribution in [0.4, 0.5) is 10.1 Å². The van der Waals surface area contributed by atoms with E-state index in [0.717, 1.165) is 5.56 Å². The van der Waals surface area contributed by atoms with Crippen LogP contribution in [0.15, 0.2) is 47.4 Å². The number of hydrogen-bond donors (Lipinski definition) is 2. The first kappa shape index (κ1) is 15.5. The molecule has 0 unspecified atom stereocenters. The molecule has 0 bridgehead atoms. The first-order valence-electron chi connectivity index (χ1n) is 6.45. The molecule has 2 aromatic carbocycles. The van der Waals surface area contributed by atoms with Crippen LogP contribution in [0.3, 0.4) is 0 Å². The highest BCUT2D eigenvalue weighted by atomic mass is 32.2.